The second kappa shape index (κ2) is 11.8. The van der Waals surface area contributed by atoms with E-state index >= 15 is 0 Å². The highest BCUT2D eigenvalue weighted by Gasteiger charge is 2.15. The van der Waals surface area contributed by atoms with E-state index in [0.717, 1.165) is 16.5 Å². The molecular formula is C23H28BrN3O3S. The van der Waals surface area contributed by atoms with Gasteiger partial charge in [-0.05, 0) is 60.5 Å². The molecule has 166 valence electrons. The number of benzene rings is 2. The standard InChI is InChI=1S/C23H28BrN3O3S/c1-15(2)11-12-30-20-10-7-17(24)14-19(20)22(29)26-23(31)25-18-8-5-16(6-9-18)13-21(28)27(3)4/h5-10,14-15H,11-13H2,1-4H3,(H2,25,26,29,31). The van der Waals surface area contributed by atoms with Gasteiger partial charge in [-0.2, -0.15) is 0 Å². The topological polar surface area (TPSA) is 70.7 Å². The Kier molecular flexibility index (Phi) is 9.45. The minimum absolute atomic E-state index is 0.0314. The van der Waals surface area contributed by atoms with E-state index in [9.17, 15) is 9.59 Å². The lowest BCUT2D eigenvalue weighted by atomic mass is 10.1. The van der Waals surface area contributed by atoms with Crippen molar-refractivity contribution >= 4 is 50.8 Å². The third kappa shape index (κ3) is 8.30. The van der Waals surface area contributed by atoms with Crippen LogP contribution in [-0.4, -0.2) is 42.5 Å². The first kappa shape index (κ1) is 24.8. The Bertz CT molecular complexity index is 930. The summed E-state index contributed by atoms with van der Waals surface area (Å²) in [7, 11) is 3.46. The van der Waals surface area contributed by atoms with Gasteiger partial charge in [-0.3, -0.25) is 14.9 Å². The second-order valence-corrected chi connectivity index (χ2v) is 9.07. The third-order valence-corrected chi connectivity index (χ3v) is 5.13. The Morgan fingerprint density at radius 3 is 2.42 bits per heavy atom. The van der Waals surface area contributed by atoms with E-state index in [1.54, 1.807) is 31.1 Å². The summed E-state index contributed by atoms with van der Waals surface area (Å²) >= 11 is 8.69. The SMILES string of the molecule is CC(C)CCOc1ccc(Br)cc1C(=O)NC(=S)Nc1ccc(CC(=O)N(C)C)cc1. The number of hydrogen-bond acceptors (Lipinski definition) is 4. The van der Waals surface area contributed by atoms with Crippen molar-refractivity contribution in [3.8, 4) is 5.75 Å². The number of halogens is 1. The van der Waals surface area contributed by atoms with Gasteiger partial charge in [-0.25, -0.2) is 0 Å². The van der Waals surface area contributed by atoms with Gasteiger partial charge < -0.3 is 15.0 Å². The molecule has 6 nitrogen and oxygen atoms in total. The maximum absolute atomic E-state index is 12.8. The Morgan fingerprint density at radius 1 is 1.13 bits per heavy atom. The molecule has 0 heterocycles. The maximum Gasteiger partial charge on any atom is 0.261 e. The molecule has 0 aliphatic carbocycles. The molecule has 2 rings (SSSR count). The molecule has 0 spiro atoms. The van der Waals surface area contributed by atoms with Crippen molar-refractivity contribution in [2.45, 2.75) is 26.7 Å². The minimum Gasteiger partial charge on any atom is -0.493 e. The number of ether oxygens (including phenoxy) is 1. The molecule has 2 aromatic rings. The van der Waals surface area contributed by atoms with Crippen LogP contribution in [-0.2, 0) is 11.2 Å². The smallest absolute Gasteiger partial charge is 0.261 e. The van der Waals surface area contributed by atoms with Crippen LogP contribution in [0.15, 0.2) is 46.9 Å². The molecule has 0 aliphatic heterocycles. The average molecular weight is 506 g/mol. The van der Waals surface area contributed by atoms with E-state index in [-0.39, 0.29) is 16.9 Å². The summed E-state index contributed by atoms with van der Waals surface area (Å²) in [5.41, 5.74) is 2.02. The van der Waals surface area contributed by atoms with Crippen LogP contribution in [0.2, 0.25) is 0 Å². The molecule has 0 aromatic heterocycles. The Balaban J connectivity index is 1.98. The van der Waals surface area contributed by atoms with Crippen LogP contribution in [0.25, 0.3) is 0 Å². The summed E-state index contributed by atoms with van der Waals surface area (Å²) in [4.78, 5) is 26.1. The quantitative estimate of drug-likeness (QED) is 0.511. The van der Waals surface area contributed by atoms with Crippen molar-refractivity contribution < 1.29 is 14.3 Å². The molecule has 2 amide bonds. The Labute approximate surface area is 197 Å². The van der Waals surface area contributed by atoms with Gasteiger partial charge in [-0.1, -0.05) is 41.9 Å². The molecule has 31 heavy (non-hydrogen) atoms. The average Bonchev–Trinajstić information content (AvgIpc) is 2.70. The highest BCUT2D eigenvalue weighted by atomic mass is 79.9. The highest BCUT2D eigenvalue weighted by molar-refractivity contribution is 9.10. The van der Waals surface area contributed by atoms with E-state index in [4.69, 9.17) is 17.0 Å². The van der Waals surface area contributed by atoms with Gasteiger partial charge in [0.15, 0.2) is 5.11 Å². The van der Waals surface area contributed by atoms with E-state index in [0.29, 0.717) is 35.9 Å². The first-order valence-corrected chi connectivity index (χ1v) is 11.2. The van der Waals surface area contributed by atoms with Gasteiger partial charge in [-0.15, -0.1) is 0 Å². The zero-order valence-electron chi connectivity index (χ0n) is 18.2. The van der Waals surface area contributed by atoms with Crippen molar-refractivity contribution in [2.24, 2.45) is 5.92 Å². The maximum atomic E-state index is 12.8. The predicted molar refractivity (Wildman–Crippen MR) is 132 cm³/mol. The van der Waals surface area contributed by atoms with Gasteiger partial charge >= 0.3 is 0 Å². The summed E-state index contributed by atoms with van der Waals surface area (Å²) in [5, 5.41) is 5.86. The lowest BCUT2D eigenvalue weighted by molar-refractivity contribution is -0.127. The second-order valence-electron chi connectivity index (χ2n) is 7.74. The van der Waals surface area contributed by atoms with Crippen LogP contribution in [0.4, 0.5) is 5.69 Å². The van der Waals surface area contributed by atoms with Crippen LogP contribution < -0.4 is 15.4 Å². The lowest BCUT2D eigenvalue weighted by Gasteiger charge is -2.14. The summed E-state index contributed by atoms with van der Waals surface area (Å²) < 4.78 is 6.58. The molecule has 8 heteroatoms. The van der Waals surface area contributed by atoms with Gasteiger partial charge in [0.2, 0.25) is 5.91 Å². The normalized spacial score (nSPS) is 10.5. The largest absolute Gasteiger partial charge is 0.493 e. The van der Waals surface area contributed by atoms with Crippen LogP contribution in [0.3, 0.4) is 0 Å². The molecule has 0 unspecified atom stereocenters. The molecular weight excluding hydrogens is 478 g/mol. The zero-order valence-corrected chi connectivity index (χ0v) is 20.6. The van der Waals surface area contributed by atoms with Crippen molar-refractivity contribution in [3.05, 3.63) is 58.1 Å². The predicted octanol–water partition coefficient (Wildman–Crippen LogP) is 4.63. The number of hydrogen-bond donors (Lipinski definition) is 2. The Hall–Kier alpha value is -2.45. The Morgan fingerprint density at radius 2 is 1.81 bits per heavy atom. The van der Waals surface area contributed by atoms with E-state index in [1.165, 1.54) is 0 Å². The van der Waals surface area contributed by atoms with Gasteiger partial charge in [0, 0.05) is 24.3 Å². The van der Waals surface area contributed by atoms with E-state index < -0.39 is 0 Å². The van der Waals surface area contributed by atoms with Crippen LogP contribution >= 0.6 is 28.1 Å². The van der Waals surface area contributed by atoms with Crippen LogP contribution in [0.5, 0.6) is 5.75 Å². The number of amides is 2. The summed E-state index contributed by atoms with van der Waals surface area (Å²) in [6.45, 7) is 4.77. The fourth-order valence-corrected chi connectivity index (χ4v) is 3.15. The fraction of sp³-hybridized carbons (Fsp3) is 0.348. The first-order chi connectivity index (χ1) is 14.7. The summed E-state index contributed by atoms with van der Waals surface area (Å²) in [5.74, 6) is 0.700. The third-order valence-electron chi connectivity index (χ3n) is 4.43. The number of carbonyl (C=O) groups excluding carboxylic acids is 2. The first-order valence-electron chi connectivity index (χ1n) is 9.99. The monoisotopic (exact) mass is 505 g/mol. The highest BCUT2D eigenvalue weighted by Crippen LogP contribution is 2.24. The van der Waals surface area contributed by atoms with Crippen LogP contribution in [0.1, 0.15) is 36.2 Å². The van der Waals surface area contributed by atoms with Crippen molar-refractivity contribution in [2.75, 3.05) is 26.0 Å². The molecule has 0 saturated heterocycles. The minimum atomic E-state index is -0.355. The number of anilines is 1. The van der Waals surface area contributed by atoms with Gasteiger partial charge in [0.25, 0.3) is 5.91 Å². The summed E-state index contributed by atoms with van der Waals surface area (Å²) in [6.07, 6.45) is 1.23. The van der Waals surface area contributed by atoms with Crippen molar-refractivity contribution in [1.82, 2.24) is 10.2 Å². The van der Waals surface area contributed by atoms with Crippen molar-refractivity contribution in [1.29, 1.82) is 0 Å². The number of nitrogens with one attached hydrogen (secondary N) is 2. The van der Waals surface area contributed by atoms with Crippen LogP contribution in [0, 0.1) is 5.92 Å². The number of nitrogens with zero attached hydrogens (tertiary/aromatic N) is 1. The lowest BCUT2D eigenvalue weighted by Crippen LogP contribution is -2.34. The van der Waals surface area contributed by atoms with E-state index in [1.807, 2.05) is 30.3 Å². The molecule has 2 aromatic carbocycles. The fourth-order valence-electron chi connectivity index (χ4n) is 2.58. The molecule has 0 radical (unpaired) electrons. The number of carbonyl (C=O) groups is 2. The molecule has 0 fully saturated rings. The number of likely N-dealkylation sites (N-methyl/N-ethyl adjacent to an activating group) is 1. The van der Waals surface area contributed by atoms with Crippen molar-refractivity contribution in [3.63, 3.8) is 0 Å². The zero-order chi connectivity index (χ0) is 23.0. The van der Waals surface area contributed by atoms with E-state index in [2.05, 4.69) is 40.4 Å². The number of thiocarbonyl (C=S) groups is 1. The molecule has 0 atom stereocenters. The summed E-state index contributed by atoms with van der Waals surface area (Å²) in [6, 6.07) is 12.6. The number of rotatable bonds is 8. The molecule has 0 saturated carbocycles. The van der Waals surface area contributed by atoms with Gasteiger partial charge in [0.1, 0.15) is 5.75 Å². The van der Waals surface area contributed by atoms with Gasteiger partial charge in [0.05, 0.1) is 18.6 Å². The molecule has 2 N–H and O–H groups in total. The molecule has 0 bridgehead atoms. The molecule has 0 aliphatic rings.